The number of urea groups is 1. The van der Waals surface area contributed by atoms with Crippen LogP contribution in [0, 0.1) is 0 Å². The van der Waals surface area contributed by atoms with Crippen molar-refractivity contribution in [1.82, 2.24) is 15.2 Å². The summed E-state index contributed by atoms with van der Waals surface area (Å²) in [6.07, 6.45) is 4.70. The Labute approximate surface area is 145 Å². The van der Waals surface area contributed by atoms with Crippen LogP contribution in [0.1, 0.15) is 49.4 Å². The van der Waals surface area contributed by atoms with Crippen molar-refractivity contribution in [2.24, 2.45) is 5.73 Å². The van der Waals surface area contributed by atoms with Gasteiger partial charge in [-0.1, -0.05) is 6.92 Å². The number of amides is 4. The smallest absolute Gasteiger partial charge is 0.325 e. The van der Waals surface area contributed by atoms with Crippen molar-refractivity contribution >= 4 is 17.8 Å². The molecule has 3 N–H and O–H groups in total. The number of hydrogen-bond donors (Lipinski definition) is 2. The van der Waals surface area contributed by atoms with Gasteiger partial charge in [-0.3, -0.25) is 14.5 Å². The number of aromatic nitrogens is 1. The summed E-state index contributed by atoms with van der Waals surface area (Å²) in [4.78, 5) is 41.2. The highest BCUT2D eigenvalue weighted by atomic mass is 16.5. The number of hydrogen-bond acceptors (Lipinski definition) is 5. The number of nitrogens with zero attached hydrogens (tertiary/aromatic N) is 2. The Hall–Kier alpha value is -2.64. The summed E-state index contributed by atoms with van der Waals surface area (Å²) < 4.78 is 5.84. The van der Waals surface area contributed by atoms with E-state index >= 15 is 0 Å². The largest absolute Gasteiger partial charge is 0.474 e. The van der Waals surface area contributed by atoms with Gasteiger partial charge in [-0.05, 0) is 44.2 Å². The van der Waals surface area contributed by atoms with Crippen LogP contribution < -0.4 is 15.8 Å². The van der Waals surface area contributed by atoms with Crippen molar-refractivity contribution in [2.45, 2.75) is 57.2 Å². The lowest BCUT2D eigenvalue weighted by molar-refractivity contribution is -0.129. The van der Waals surface area contributed by atoms with E-state index in [1.165, 1.54) is 4.90 Å². The van der Waals surface area contributed by atoms with Crippen LogP contribution in [0.25, 0.3) is 0 Å². The van der Waals surface area contributed by atoms with Gasteiger partial charge in [0.05, 0.1) is 0 Å². The molecular weight excluding hydrogens is 324 g/mol. The summed E-state index contributed by atoms with van der Waals surface area (Å²) in [6.45, 7) is 1.88. The minimum atomic E-state index is -0.582. The number of nitrogens with one attached hydrogen (secondary N) is 1. The standard InChI is InChI=1S/C17H22N4O4/c1-2-13-16(23)21(17(24)20-13)10-5-7-11(8-6-10)25-15-12(14(18)22)4-3-9-19-15/h3-4,9-11,13H,2,5-8H2,1H3,(H2,18,22)(H,20,24)/t10-,11-,13?. The van der Waals surface area contributed by atoms with Crippen LogP contribution in [0.15, 0.2) is 18.3 Å². The molecule has 4 amide bonds. The summed E-state index contributed by atoms with van der Waals surface area (Å²) in [5, 5.41) is 2.72. The number of nitrogens with two attached hydrogens (primary N) is 1. The maximum absolute atomic E-state index is 12.3. The topological polar surface area (TPSA) is 115 Å². The summed E-state index contributed by atoms with van der Waals surface area (Å²) in [5.41, 5.74) is 5.59. The van der Waals surface area contributed by atoms with E-state index in [2.05, 4.69) is 10.3 Å². The number of rotatable bonds is 5. The molecule has 1 aromatic heterocycles. The zero-order chi connectivity index (χ0) is 18.0. The molecule has 2 fully saturated rings. The molecule has 134 valence electrons. The van der Waals surface area contributed by atoms with E-state index in [9.17, 15) is 14.4 Å². The van der Waals surface area contributed by atoms with Gasteiger partial charge in [0.2, 0.25) is 5.88 Å². The zero-order valence-corrected chi connectivity index (χ0v) is 14.1. The summed E-state index contributed by atoms with van der Waals surface area (Å²) in [6, 6.07) is 2.39. The van der Waals surface area contributed by atoms with Gasteiger partial charge in [-0.25, -0.2) is 9.78 Å². The first-order valence-electron chi connectivity index (χ1n) is 8.56. The van der Waals surface area contributed by atoms with E-state index in [1.54, 1.807) is 18.3 Å². The SMILES string of the molecule is CCC1NC(=O)N([C@H]2CC[C@H](Oc3ncccc3C(N)=O)CC2)C1=O. The Balaban J connectivity index is 1.60. The second-order valence-electron chi connectivity index (χ2n) is 6.39. The van der Waals surface area contributed by atoms with Crippen molar-refractivity contribution in [3.63, 3.8) is 0 Å². The predicted octanol–water partition coefficient (Wildman–Crippen LogP) is 1.20. The van der Waals surface area contributed by atoms with Crippen LogP contribution >= 0.6 is 0 Å². The highest BCUT2D eigenvalue weighted by Crippen LogP contribution is 2.29. The van der Waals surface area contributed by atoms with Crippen molar-refractivity contribution < 1.29 is 19.1 Å². The number of carbonyl (C=O) groups is 3. The molecule has 8 heteroatoms. The molecule has 1 saturated carbocycles. The molecule has 2 heterocycles. The van der Waals surface area contributed by atoms with Crippen molar-refractivity contribution in [2.75, 3.05) is 0 Å². The summed E-state index contributed by atoms with van der Waals surface area (Å²) in [7, 11) is 0. The number of imide groups is 1. The fourth-order valence-corrected chi connectivity index (χ4v) is 3.42. The molecule has 0 spiro atoms. The molecular formula is C17H22N4O4. The Morgan fingerprint density at radius 3 is 2.68 bits per heavy atom. The van der Waals surface area contributed by atoms with Gasteiger partial charge in [-0.2, -0.15) is 0 Å². The molecule has 2 aliphatic rings. The first-order chi connectivity index (χ1) is 12.0. The molecule has 25 heavy (non-hydrogen) atoms. The Morgan fingerprint density at radius 2 is 2.08 bits per heavy atom. The van der Waals surface area contributed by atoms with Crippen LogP contribution in [0.3, 0.4) is 0 Å². The van der Waals surface area contributed by atoms with E-state index in [0.717, 1.165) is 0 Å². The van der Waals surface area contributed by atoms with Crippen LogP contribution in [0.4, 0.5) is 4.79 Å². The number of ether oxygens (including phenoxy) is 1. The number of carbonyl (C=O) groups excluding carboxylic acids is 3. The van der Waals surface area contributed by atoms with Gasteiger partial charge in [0.15, 0.2) is 0 Å². The third kappa shape index (κ3) is 3.42. The molecule has 0 bridgehead atoms. The maximum Gasteiger partial charge on any atom is 0.325 e. The quantitative estimate of drug-likeness (QED) is 0.778. The lowest BCUT2D eigenvalue weighted by atomic mass is 9.91. The summed E-state index contributed by atoms with van der Waals surface area (Å²) >= 11 is 0. The second-order valence-corrected chi connectivity index (χ2v) is 6.39. The predicted molar refractivity (Wildman–Crippen MR) is 88.9 cm³/mol. The first-order valence-corrected chi connectivity index (χ1v) is 8.56. The average molecular weight is 346 g/mol. The minimum Gasteiger partial charge on any atom is -0.474 e. The normalized spacial score (nSPS) is 26.4. The Bertz CT molecular complexity index is 685. The van der Waals surface area contributed by atoms with E-state index in [0.29, 0.717) is 32.1 Å². The average Bonchev–Trinajstić information content (AvgIpc) is 2.90. The van der Waals surface area contributed by atoms with Gasteiger partial charge in [0.1, 0.15) is 17.7 Å². The molecule has 8 nitrogen and oxygen atoms in total. The van der Waals surface area contributed by atoms with Gasteiger partial charge in [-0.15, -0.1) is 0 Å². The first kappa shape index (κ1) is 17.2. The number of pyridine rings is 1. The molecule has 1 atom stereocenters. The molecule has 1 saturated heterocycles. The molecule has 0 aromatic carbocycles. The Kier molecular flexibility index (Phi) is 4.87. The molecule has 1 aromatic rings. The van der Waals surface area contributed by atoms with Gasteiger partial charge in [0.25, 0.3) is 11.8 Å². The van der Waals surface area contributed by atoms with E-state index in [1.807, 2.05) is 6.92 Å². The van der Waals surface area contributed by atoms with E-state index in [4.69, 9.17) is 10.5 Å². The highest BCUT2D eigenvalue weighted by Gasteiger charge is 2.42. The lowest BCUT2D eigenvalue weighted by Gasteiger charge is -2.33. The van der Waals surface area contributed by atoms with Crippen LogP contribution in [0.5, 0.6) is 5.88 Å². The van der Waals surface area contributed by atoms with Gasteiger partial charge < -0.3 is 15.8 Å². The monoisotopic (exact) mass is 346 g/mol. The van der Waals surface area contributed by atoms with Crippen molar-refractivity contribution in [1.29, 1.82) is 0 Å². The fraction of sp³-hybridized carbons (Fsp3) is 0.529. The van der Waals surface area contributed by atoms with E-state index < -0.39 is 11.9 Å². The second kappa shape index (κ2) is 7.08. The zero-order valence-electron chi connectivity index (χ0n) is 14.1. The molecule has 1 unspecified atom stereocenters. The molecule has 0 radical (unpaired) electrons. The highest BCUT2D eigenvalue weighted by molar-refractivity contribution is 6.04. The third-order valence-corrected chi connectivity index (χ3v) is 4.78. The Morgan fingerprint density at radius 1 is 1.36 bits per heavy atom. The van der Waals surface area contributed by atoms with E-state index in [-0.39, 0.29) is 35.5 Å². The molecule has 1 aliphatic heterocycles. The van der Waals surface area contributed by atoms with Crippen LogP contribution in [-0.2, 0) is 4.79 Å². The van der Waals surface area contributed by atoms with Crippen LogP contribution in [0.2, 0.25) is 0 Å². The maximum atomic E-state index is 12.3. The third-order valence-electron chi connectivity index (χ3n) is 4.78. The number of primary amides is 1. The summed E-state index contributed by atoms with van der Waals surface area (Å²) in [5.74, 6) is -0.487. The molecule has 1 aliphatic carbocycles. The fourth-order valence-electron chi connectivity index (χ4n) is 3.42. The lowest BCUT2D eigenvalue weighted by Crippen LogP contribution is -2.44. The van der Waals surface area contributed by atoms with Crippen molar-refractivity contribution in [3.05, 3.63) is 23.9 Å². The minimum absolute atomic E-state index is 0.108. The van der Waals surface area contributed by atoms with Crippen molar-refractivity contribution in [3.8, 4) is 5.88 Å². The van der Waals surface area contributed by atoms with Gasteiger partial charge >= 0.3 is 6.03 Å². The van der Waals surface area contributed by atoms with Crippen LogP contribution in [-0.4, -0.2) is 45.9 Å². The molecule has 3 rings (SSSR count). The van der Waals surface area contributed by atoms with Gasteiger partial charge in [0, 0.05) is 12.2 Å².